The fourth-order valence-corrected chi connectivity index (χ4v) is 2.96. The molecule has 1 atom stereocenters. The minimum Gasteiger partial charge on any atom is -0.312 e. The van der Waals surface area contributed by atoms with Gasteiger partial charge in [0.15, 0.2) is 0 Å². The molecule has 0 aliphatic carbocycles. The summed E-state index contributed by atoms with van der Waals surface area (Å²) in [6.45, 7) is 3.73. The standard InChI is InChI=1S/C13H20ClNS/c1-3-4-5-6-7-8-11(15-2)12-9-10-13(14)16-12/h3,9-11,15H,1,4-8H2,2H3. The van der Waals surface area contributed by atoms with E-state index in [1.165, 1.54) is 30.6 Å². The molecule has 3 heteroatoms. The lowest BCUT2D eigenvalue weighted by molar-refractivity contribution is 0.514. The molecule has 0 amide bonds. The van der Waals surface area contributed by atoms with Gasteiger partial charge in [-0.2, -0.15) is 0 Å². The predicted octanol–water partition coefficient (Wildman–Crippen LogP) is 4.80. The highest BCUT2D eigenvalue weighted by Crippen LogP contribution is 2.29. The summed E-state index contributed by atoms with van der Waals surface area (Å²) in [5.41, 5.74) is 0. The Bertz CT molecular complexity index is 309. The average Bonchev–Trinajstić information content (AvgIpc) is 2.70. The van der Waals surface area contributed by atoms with Crippen molar-refractivity contribution in [1.29, 1.82) is 0 Å². The second-order valence-corrected chi connectivity index (χ2v) is 5.66. The first-order valence-corrected chi connectivity index (χ1v) is 7.00. The lowest BCUT2D eigenvalue weighted by Gasteiger charge is -2.13. The number of rotatable bonds is 8. The van der Waals surface area contributed by atoms with Crippen LogP contribution in [0.1, 0.15) is 43.0 Å². The maximum atomic E-state index is 5.94. The summed E-state index contributed by atoms with van der Waals surface area (Å²) >= 11 is 7.62. The molecule has 1 rings (SSSR count). The number of thiophene rings is 1. The van der Waals surface area contributed by atoms with Crippen LogP contribution in [0.5, 0.6) is 0 Å². The zero-order valence-corrected chi connectivity index (χ0v) is 11.4. The van der Waals surface area contributed by atoms with Gasteiger partial charge >= 0.3 is 0 Å². The molecule has 16 heavy (non-hydrogen) atoms. The molecule has 1 aromatic rings. The molecule has 0 aliphatic rings. The Morgan fingerprint density at radius 3 is 2.81 bits per heavy atom. The van der Waals surface area contributed by atoms with Gasteiger partial charge in [-0.15, -0.1) is 17.9 Å². The Labute approximate surface area is 108 Å². The van der Waals surface area contributed by atoms with Crippen LogP contribution in [-0.2, 0) is 0 Å². The van der Waals surface area contributed by atoms with Crippen molar-refractivity contribution >= 4 is 22.9 Å². The highest BCUT2D eigenvalue weighted by Gasteiger charge is 2.10. The van der Waals surface area contributed by atoms with E-state index in [9.17, 15) is 0 Å². The number of unbranched alkanes of at least 4 members (excludes halogenated alkanes) is 3. The highest BCUT2D eigenvalue weighted by atomic mass is 35.5. The van der Waals surface area contributed by atoms with Crippen molar-refractivity contribution in [1.82, 2.24) is 5.32 Å². The van der Waals surface area contributed by atoms with Crippen LogP contribution in [0, 0.1) is 0 Å². The van der Waals surface area contributed by atoms with Gasteiger partial charge in [0, 0.05) is 10.9 Å². The number of allylic oxidation sites excluding steroid dienone is 1. The van der Waals surface area contributed by atoms with Crippen molar-refractivity contribution in [2.75, 3.05) is 7.05 Å². The minimum atomic E-state index is 0.459. The van der Waals surface area contributed by atoms with Crippen LogP contribution in [0.25, 0.3) is 0 Å². The first-order valence-electron chi connectivity index (χ1n) is 5.81. The number of nitrogens with one attached hydrogen (secondary N) is 1. The normalized spacial score (nSPS) is 12.6. The third-order valence-corrected chi connectivity index (χ3v) is 4.03. The molecule has 1 unspecified atom stereocenters. The minimum absolute atomic E-state index is 0.459. The van der Waals surface area contributed by atoms with Crippen LogP contribution in [-0.4, -0.2) is 7.05 Å². The Morgan fingerprint density at radius 1 is 1.44 bits per heavy atom. The van der Waals surface area contributed by atoms with E-state index in [1.54, 1.807) is 11.3 Å². The fourth-order valence-electron chi connectivity index (χ4n) is 1.76. The molecule has 1 heterocycles. The molecule has 0 aromatic carbocycles. The van der Waals surface area contributed by atoms with Crippen LogP contribution < -0.4 is 5.32 Å². The molecule has 0 spiro atoms. The number of hydrogen-bond acceptors (Lipinski definition) is 2. The molecule has 1 aromatic heterocycles. The van der Waals surface area contributed by atoms with E-state index in [2.05, 4.69) is 18.0 Å². The van der Waals surface area contributed by atoms with Gasteiger partial charge in [0.1, 0.15) is 0 Å². The van der Waals surface area contributed by atoms with E-state index in [-0.39, 0.29) is 0 Å². The Kier molecular flexibility index (Phi) is 6.78. The van der Waals surface area contributed by atoms with E-state index < -0.39 is 0 Å². The maximum Gasteiger partial charge on any atom is 0.0931 e. The van der Waals surface area contributed by atoms with Crippen molar-refractivity contribution < 1.29 is 0 Å². The van der Waals surface area contributed by atoms with Gasteiger partial charge < -0.3 is 5.32 Å². The SMILES string of the molecule is C=CCCCCCC(NC)c1ccc(Cl)s1. The Balaban J connectivity index is 2.29. The molecular formula is C13H20ClNS. The Morgan fingerprint density at radius 2 is 2.25 bits per heavy atom. The molecule has 0 saturated heterocycles. The molecule has 1 nitrogen and oxygen atoms in total. The number of hydrogen-bond donors (Lipinski definition) is 1. The van der Waals surface area contributed by atoms with Gasteiger partial charge in [0.25, 0.3) is 0 Å². The van der Waals surface area contributed by atoms with Crippen LogP contribution in [0.15, 0.2) is 24.8 Å². The summed E-state index contributed by atoms with van der Waals surface area (Å²) in [7, 11) is 2.02. The molecule has 0 fully saturated rings. The zero-order chi connectivity index (χ0) is 11.8. The maximum absolute atomic E-state index is 5.94. The molecule has 0 radical (unpaired) electrons. The van der Waals surface area contributed by atoms with Crippen LogP contribution in [0.4, 0.5) is 0 Å². The van der Waals surface area contributed by atoms with E-state index in [0.717, 1.165) is 10.8 Å². The second kappa shape index (κ2) is 7.88. The summed E-state index contributed by atoms with van der Waals surface area (Å²) in [6.07, 6.45) is 8.11. The summed E-state index contributed by atoms with van der Waals surface area (Å²) in [4.78, 5) is 1.34. The van der Waals surface area contributed by atoms with E-state index in [4.69, 9.17) is 11.6 Å². The van der Waals surface area contributed by atoms with Crippen molar-refractivity contribution in [3.63, 3.8) is 0 Å². The molecule has 0 bridgehead atoms. The molecule has 90 valence electrons. The van der Waals surface area contributed by atoms with Gasteiger partial charge in [-0.3, -0.25) is 0 Å². The van der Waals surface area contributed by atoms with Crippen molar-refractivity contribution in [2.24, 2.45) is 0 Å². The summed E-state index contributed by atoms with van der Waals surface area (Å²) in [5.74, 6) is 0. The molecule has 0 saturated carbocycles. The van der Waals surface area contributed by atoms with E-state index in [1.807, 2.05) is 19.2 Å². The summed E-state index contributed by atoms with van der Waals surface area (Å²) in [5, 5.41) is 3.35. The largest absolute Gasteiger partial charge is 0.312 e. The van der Waals surface area contributed by atoms with E-state index in [0.29, 0.717) is 6.04 Å². The third-order valence-electron chi connectivity index (χ3n) is 2.69. The molecule has 0 aliphatic heterocycles. The van der Waals surface area contributed by atoms with Crippen LogP contribution in [0.2, 0.25) is 4.34 Å². The topological polar surface area (TPSA) is 12.0 Å². The third kappa shape index (κ3) is 4.69. The lowest BCUT2D eigenvalue weighted by Crippen LogP contribution is -2.14. The summed E-state index contributed by atoms with van der Waals surface area (Å²) in [6, 6.07) is 4.56. The van der Waals surface area contributed by atoms with Gasteiger partial charge in [0.05, 0.1) is 4.34 Å². The van der Waals surface area contributed by atoms with Gasteiger partial charge in [0.2, 0.25) is 0 Å². The zero-order valence-electron chi connectivity index (χ0n) is 9.84. The van der Waals surface area contributed by atoms with Crippen molar-refractivity contribution in [2.45, 2.75) is 38.1 Å². The van der Waals surface area contributed by atoms with Crippen molar-refractivity contribution in [3.8, 4) is 0 Å². The van der Waals surface area contributed by atoms with Gasteiger partial charge in [-0.1, -0.05) is 30.5 Å². The fraction of sp³-hybridized carbons (Fsp3) is 0.538. The van der Waals surface area contributed by atoms with Crippen molar-refractivity contribution in [3.05, 3.63) is 34.0 Å². The molecular weight excluding hydrogens is 238 g/mol. The monoisotopic (exact) mass is 257 g/mol. The summed E-state index contributed by atoms with van der Waals surface area (Å²) < 4.78 is 0.877. The van der Waals surface area contributed by atoms with Gasteiger partial charge in [-0.25, -0.2) is 0 Å². The smallest absolute Gasteiger partial charge is 0.0931 e. The van der Waals surface area contributed by atoms with E-state index >= 15 is 0 Å². The molecule has 1 N–H and O–H groups in total. The average molecular weight is 258 g/mol. The Hall–Kier alpha value is -0.310. The highest BCUT2D eigenvalue weighted by molar-refractivity contribution is 7.16. The quantitative estimate of drug-likeness (QED) is 0.521. The first-order chi connectivity index (χ1) is 7.77. The predicted molar refractivity (Wildman–Crippen MR) is 74.4 cm³/mol. The number of halogens is 1. The van der Waals surface area contributed by atoms with Crippen LogP contribution >= 0.6 is 22.9 Å². The van der Waals surface area contributed by atoms with Gasteiger partial charge in [-0.05, 0) is 38.4 Å². The second-order valence-electron chi connectivity index (χ2n) is 3.91. The lowest BCUT2D eigenvalue weighted by atomic mass is 10.1. The first kappa shape index (κ1) is 13.8. The van der Waals surface area contributed by atoms with Crippen LogP contribution in [0.3, 0.4) is 0 Å².